The molecule has 3 N–H and O–H groups in total. The van der Waals surface area contributed by atoms with E-state index in [4.69, 9.17) is 5.73 Å². The topological polar surface area (TPSA) is 68.2 Å². The average Bonchev–Trinajstić information content (AvgIpc) is 2.74. The van der Waals surface area contributed by atoms with Crippen molar-refractivity contribution in [1.29, 1.82) is 0 Å². The van der Waals surface area contributed by atoms with Crippen molar-refractivity contribution in [2.45, 2.75) is 26.3 Å². The first kappa shape index (κ1) is 15.2. The number of guanidine groups is 1. The van der Waals surface area contributed by atoms with E-state index in [2.05, 4.69) is 22.3 Å². The Bertz CT molecular complexity index is 283. The molecule has 0 aromatic carbocycles. The third-order valence-corrected chi connectivity index (χ3v) is 1.94. The van der Waals surface area contributed by atoms with Gasteiger partial charge in [-0.15, -0.1) is 24.0 Å². The SMILES string of the molecule is CCCN=C(N)NCCCn1cccn1.I. The summed E-state index contributed by atoms with van der Waals surface area (Å²) in [7, 11) is 0. The molecule has 92 valence electrons. The minimum absolute atomic E-state index is 0. The van der Waals surface area contributed by atoms with Gasteiger partial charge in [-0.25, -0.2) is 0 Å². The number of aryl methyl sites for hydroxylation is 1. The van der Waals surface area contributed by atoms with Crippen LogP contribution in [0.15, 0.2) is 23.5 Å². The Morgan fingerprint density at radius 3 is 3.00 bits per heavy atom. The average molecular weight is 337 g/mol. The van der Waals surface area contributed by atoms with Crippen LogP contribution in [0.2, 0.25) is 0 Å². The summed E-state index contributed by atoms with van der Waals surface area (Å²) in [5, 5.41) is 7.18. The maximum atomic E-state index is 5.64. The molecule has 0 amide bonds. The van der Waals surface area contributed by atoms with E-state index in [-0.39, 0.29) is 24.0 Å². The molecule has 0 atom stereocenters. The van der Waals surface area contributed by atoms with Crippen LogP contribution in [0.25, 0.3) is 0 Å². The van der Waals surface area contributed by atoms with E-state index in [9.17, 15) is 0 Å². The van der Waals surface area contributed by atoms with E-state index < -0.39 is 0 Å². The van der Waals surface area contributed by atoms with Gasteiger partial charge in [-0.3, -0.25) is 9.67 Å². The Balaban J connectivity index is 0.00000225. The fourth-order valence-electron chi connectivity index (χ4n) is 1.18. The molecular weight excluding hydrogens is 317 g/mol. The number of aromatic nitrogens is 2. The van der Waals surface area contributed by atoms with E-state index in [0.29, 0.717) is 5.96 Å². The van der Waals surface area contributed by atoms with Crippen molar-refractivity contribution >= 4 is 29.9 Å². The molecule has 0 aliphatic carbocycles. The molecule has 0 saturated heterocycles. The van der Waals surface area contributed by atoms with Crippen LogP contribution in [0.1, 0.15) is 19.8 Å². The van der Waals surface area contributed by atoms with Gasteiger partial charge in [-0.1, -0.05) is 6.92 Å². The van der Waals surface area contributed by atoms with Gasteiger partial charge in [-0.05, 0) is 18.9 Å². The van der Waals surface area contributed by atoms with Crippen LogP contribution >= 0.6 is 24.0 Å². The van der Waals surface area contributed by atoms with Gasteiger partial charge in [0.25, 0.3) is 0 Å². The standard InChI is InChI=1S/C10H19N5.HI/c1-2-5-12-10(11)13-6-3-8-15-9-4-7-14-15;/h4,7,9H,2-3,5-6,8H2,1H3,(H3,11,12,13);1H. The zero-order chi connectivity index (χ0) is 10.9. The van der Waals surface area contributed by atoms with Gasteiger partial charge in [0, 0.05) is 32.0 Å². The molecule has 0 aliphatic rings. The van der Waals surface area contributed by atoms with Crippen molar-refractivity contribution in [2.24, 2.45) is 10.7 Å². The Morgan fingerprint density at radius 1 is 1.56 bits per heavy atom. The van der Waals surface area contributed by atoms with Crippen LogP contribution in [-0.2, 0) is 6.54 Å². The van der Waals surface area contributed by atoms with Crippen LogP contribution < -0.4 is 11.1 Å². The second-order valence-electron chi connectivity index (χ2n) is 3.32. The third-order valence-electron chi connectivity index (χ3n) is 1.94. The number of halogens is 1. The first-order chi connectivity index (χ1) is 7.33. The van der Waals surface area contributed by atoms with E-state index in [1.807, 2.05) is 16.9 Å². The predicted molar refractivity (Wildman–Crippen MR) is 77.0 cm³/mol. The molecule has 0 saturated carbocycles. The molecule has 0 spiro atoms. The Morgan fingerprint density at radius 2 is 2.38 bits per heavy atom. The first-order valence-electron chi connectivity index (χ1n) is 5.34. The summed E-state index contributed by atoms with van der Waals surface area (Å²) in [6.45, 7) is 4.60. The van der Waals surface area contributed by atoms with Crippen LogP contribution in [0.3, 0.4) is 0 Å². The lowest BCUT2D eigenvalue weighted by molar-refractivity contribution is 0.572. The van der Waals surface area contributed by atoms with Crippen LogP contribution in [0, 0.1) is 0 Å². The molecule has 0 fully saturated rings. The molecule has 1 heterocycles. The summed E-state index contributed by atoms with van der Waals surface area (Å²) < 4.78 is 1.90. The minimum atomic E-state index is 0. The lowest BCUT2D eigenvalue weighted by atomic mass is 10.4. The van der Waals surface area contributed by atoms with Gasteiger partial charge in [0.2, 0.25) is 0 Å². The number of aliphatic imine (C=N–C) groups is 1. The molecule has 1 rings (SSSR count). The Hall–Kier alpha value is -0.790. The van der Waals surface area contributed by atoms with Crippen molar-refractivity contribution in [2.75, 3.05) is 13.1 Å². The van der Waals surface area contributed by atoms with E-state index in [1.54, 1.807) is 6.20 Å². The second kappa shape index (κ2) is 9.44. The normalized spacial score (nSPS) is 10.9. The summed E-state index contributed by atoms with van der Waals surface area (Å²) in [5.41, 5.74) is 5.64. The zero-order valence-corrected chi connectivity index (χ0v) is 11.9. The van der Waals surface area contributed by atoms with E-state index in [1.165, 1.54) is 0 Å². The quantitative estimate of drug-likeness (QED) is 0.355. The number of nitrogens with two attached hydrogens (primary N) is 1. The summed E-state index contributed by atoms with van der Waals surface area (Å²) >= 11 is 0. The zero-order valence-electron chi connectivity index (χ0n) is 9.59. The molecule has 1 aromatic rings. The molecule has 0 bridgehead atoms. The number of nitrogens with zero attached hydrogens (tertiary/aromatic N) is 3. The van der Waals surface area contributed by atoms with Gasteiger partial charge in [0.15, 0.2) is 5.96 Å². The molecule has 6 heteroatoms. The van der Waals surface area contributed by atoms with Gasteiger partial charge >= 0.3 is 0 Å². The highest BCUT2D eigenvalue weighted by Gasteiger charge is 1.92. The monoisotopic (exact) mass is 337 g/mol. The van der Waals surface area contributed by atoms with Crippen molar-refractivity contribution in [3.63, 3.8) is 0 Å². The van der Waals surface area contributed by atoms with Crippen molar-refractivity contribution in [3.8, 4) is 0 Å². The van der Waals surface area contributed by atoms with Gasteiger partial charge in [0.05, 0.1) is 0 Å². The molecule has 0 aliphatic heterocycles. The highest BCUT2D eigenvalue weighted by atomic mass is 127. The highest BCUT2D eigenvalue weighted by Crippen LogP contribution is 1.87. The van der Waals surface area contributed by atoms with Crippen molar-refractivity contribution < 1.29 is 0 Å². The van der Waals surface area contributed by atoms with Crippen molar-refractivity contribution in [1.82, 2.24) is 15.1 Å². The maximum Gasteiger partial charge on any atom is 0.188 e. The molecular formula is C10H20IN5. The number of hydrogen-bond acceptors (Lipinski definition) is 2. The van der Waals surface area contributed by atoms with Gasteiger partial charge in [-0.2, -0.15) is 5.10 Å². The number of hydrogen-bond donors (Lipinski definition) is 2. The van der Waals surface area contributed by atoms with Crippen LogP contribution in [0.4, 0.5) is 0 Å². The minimum Gasteiger partial charge on any atom is -0.370 e. The van der Waals surface area contributed by atoms with Crippen molar-refractivity contribution in [3.05, 3.63) is 18.5 Å². The Labute approximate surface area is 114 Å². The molecule has 16 heavy (non-hydrogen) atoms. The molecule has 0 radical (unpaired) electrons. The maximum absolute atomic E-state index is 5.64. The summed E-state index contributed by atoms with van der Waals surface area (Å²) in [5.74, 6) is 0.539. The highest BCUT2D eigenvalue weighted by molar-refractivity contribution is 14.0. The summed E-state index contributed by atoms with van der Waals surface area (Å²) in [6, 6.07) is 1.92. The third kappa shape index (κ3) is 6.65. The lowest BCUT2D eigenvalue weighted by Crippen LogP contribution is -2.33. The number of nitrogens with one attached hydrogen (secondary N) is 1. The van der Waals surface area contributed by atoms with Gasteiger partial charge < -0.3 is 11.1 Å². The summed E-state index contributed by atoms with van der Waals surface area (Å²) in [6.07, 6.45) is 5.75. The van der Waals surface area contributed by atoms with Crippen LogP contribution in [0.5, 0.6) is 0 Å². The van der Waals surface area contributed by atoms with Gasteiger partial charge in [0.1, 0.15) is 0 Å². The fourth-order valence-corrected chi connectivity index (χ4v) is 1.18. The smallest absolute Gasteiger partial charge is 0.188 e. The second-order valence-corrected chi connectivity index (χ2v) is 3.32. The van der Waals surface area contributed by atoms with E-state index in [0.717, 1.165) is 32.5 Å². The largest absolute Gasteiger partial charge is 0.370 e. The molecule has 5 nitrogen and oxygen atoms in total. The molecule has 0 unspecified atom stereocenters. The lowest BCUT2D eigenvalue weighted by Gasteiger charge is -2.05. The Kier molecular flexibility index (Phi) is 8.97. The fraction of sp³-hybridized carbons (Fsp3) is 0.600. The first-order valence-corrected chi connectivity index (χ1v) is 5.34. The van der Waals surface area contributed by atoms with E-state index >= 15 is 0 Å². The number of rotatable bonds is 6. The van der Waals surface area contributed by atoms with Crippen LogP contribution in [-0.4, -0.2) is 28.8 Å². The predicted octanol–water partition coefficient (Wildman–Crippen LogP) is 1.21. The summed E-state index contributed by atoms with van der Waals surface area (Å²) in [4.78, 5) is 4.14. The molecule has 1 aromatic heterocycles.